The van der Waals surface area contributed by atoms with Crippen LogP contribution in [-0.4, -0.2) is 0 Å². The number of rotatable bonds is 3. The second kappa shape index (κ2) is 5.02. The maximum absolute atomic E-state index is 13.6. The molecule has 2 atom stereocenters. The fourth-order valence-corrected chi connectivity index (χ4v) is 2.84. The Morgan fingerprint density at radius 3 is 1.85 bits per heavy atom. The molecule has 1 fully saturated rings. The summed E-state index contributed by atoms with van der Waals surface area (Å²) in [5.74, 6) is -9.70. The van der Waals surface area contributed by atoms with Crippen molar-refractivity contribution in [2.24, 2.45) is 17.3 Å². The van der Waals surface area contributed by atoms with Gasteiger partial charge in [0.05, 0.1) is 0 Å². The summed E-state index contributed by atoms with van der Waals surface area (Å²) >= 11 is 5.47. The summed E-state index contributed by atoms with van der Waals surface area (Å²) in [5, 5.41) is 0. The first-order chi connectivity index (χ1) is 9.23. The zero-order valence-electron chi connectivity index (χ0n) is 10.8. The van der Waals surface area contributed by atoms with Gasteiger partial charge in [-0.3, -0.25) is 0 Å². The van der Waals surface area contributed by atoms with Crippen LogP contribution >= 0.6 is 11.6 Å². The SMILES string of the molecule is CC1(C)[C@@H](C=CCl)[C@@H]1Cc1c(F)c(F)c(F)c(F)c1F. The van der Waals surface area contributed by atoms with Gasteiger partial charge in [0.25, 0.3) is 0 Å². The molecule has 0 saturated heterocycles. The molecule has 110 valence electrons. The van der Waals surface area contributed by atoms with Crippen LogP contribution in [0.25, 0.3) is 0 Å². The summed E-state index contributed by atoms with van der Waals surface area (Å²) in [5.41, 5.74) is 0.251. The summed E-state index contributed by atoms with van der Waals surface area (Å²) in [6, 6.07) is 0. The van der Waals surface area contributed by atoms with Gasteiger partial charge in [0, 0.05) is 11.1 Å². The van der Waals surface area contributed by atoms with E-state index >= 15 is 0 Å². The average Bonchev–Trinajstić information content (AvgIpc) is 2.91. The number of allylic oxidation sites excluding steroid dienone is 1. The Hall–Kier alpha value is -1.10. The molecule has 0 heterocycles. The fraction of sp³-hybridized carbons (Fsp3) is 0.429. The minimum absolute atomic E-state index is 0.0463. The maximum Gasteiger partial charge on any atom is 0.200 e. The Morgan fingerprint density at radius 2 is 1.40 bits per heavy atom. The van der Waals surface area contributed by atoms with Crippen molar-refractivity contribution >= 4 is 11.6 Å². The van der Waals surface area contributed by atoms with Crippen molar-refractivity contribution in [3.05, 3.63) is 46.3 Å². The molecule has 1 aromatic rings. The van der Waals surface area contributed by atoms with E-state index in [0.29, 0.717) is 0 Å². The third-order valence-corrected chi connectivity index (χ3v) is 4.29. The second-order valence-electron chi connectivity index (χ2n) is 5.52. The zero-order valence-corrected chi connectivity index (χ0v) is 11.5. The summed E-state index contributed by atoms with van der Waals surface area (Å²) in [6.45, 7) is 3.70. The van der Waals surface area contributed by atoms with E-state index in [2.05, 4.69) is 0 Å². The van der Waals surface area contributed by atoms with Gasteiger partial charge in [-0.25, -0.2) is 22.0 Å². The predicted molar refractivity (Wildman–Crippen MR) is 65.7 cm³/mol. The van der Waals surface area contributed by atoms with Crippen molar-refractivity contribution < 1.29 is 22.0 Å². The van der Waals surface area contributed by atoms with Crippen LogP contribution in [0.3, 0.4) is 0 Å². The van der Waals surface area contributed by atoms with Crippen LogP contribution in [-0.2, 0) is 6.42 Å². The standard InChI is InChI=1S/C14H12ClF5/c1-14(2)7(3-4-15)8(14)5-6-9(16)11(18)13(20)12(19)10(6)17/h3-4,7-8H,5H2,1-2H3/t7-,8-/m0/s1. The Morgan fingerprint density at radius 1 is 0.950 bits per heavy atom. The molecule has 1 saturated carbocycles. The molecule has 6 heteroatoms. The predicted octanol–water partition coefficient (Wildman–Crippen LogP) is 4.95. The van der Waals surface area contributed by atoms with Crippen molar-refractivity contribution in [3.63, 3.8) is 0 Å². The van der Waals surface area contributed by atoms with E-state index in [9.17, 15) is 22.0 Å². The molecule has 0 amide bonds. The van der Waals surface area contributed by atoms with E-state index in [-0.39, 0.29) is 23.7 Å². The normalized spacial score (nSPS) is 24.4. The Balaban J connectivity index is 2.37. The lowest BCUT2D eigenvalue weighted by Gasteiger charge is -2.08. The molecule has 0 N–H and O–H groups in total. The van der Waals surface area contributed by atoms with E-state index < -0.39 is 34.6 Å². The molecule has 0 aromatic heterocycles. The van der Waals surface area contributed by atoms with Crippen molar-refractivity contribution in [2.45, 2.75) is 20.3 Å². The molecule has 1 aliphatic rings. The molecule has 0 spiro atoms. The first-order valence-corrected chi connectivity index (χ1v) is 6.44. The maximum atomic E-state index is 13.6. The third-order valence-electron chi connectivity index (χ3n) is 4.14. The topological polar surface area (TPSA) is 0 Å². The van der Waals surface area contributed by atoms with Crippen molar-refractivity contribution in [1.29, 1.82) is 0 Å². The van der Waals surface area contributed by atoms with Crippen LogP contribution < -0.4 is 0 Å². The van der Waals surface area contributed by atoms with E-state index in [1.165, 1.54) is 5.54 Å². The number of halogens is 6. The number of hydrogen-bond donors (Lipinski definition) is 0. The highest BCUT2D eigenvalue weighted by molar-refractivity contribution is 6.25. The largest absolute Gasteiger partial charge is 0.203 e. The number of hydrogen-bond acceptors (Lipinski definition) is 0. The molecule has 0 unspecified atom stereocenters. The highest BCUT2D eigenvalue weighted by atomic mass is 35.5. The molecule has 1 aromatic carbocycles. The van der Waals surface area contributed by atoms with Gasteiger partial charge >= 0.3 is 0 Å². The van der Waals surface area contributed by atoms with Crippen LogP contribution in [0.4, 0.5) is 22.0 Å². The molecule has 20 heavy (non-hydrogen) atoms. The van der Waals surface area contributed by atoms with Crippen LogP contribution in [0, 0.1) is 46.3 Å². The van der Waals surface area contributed by atoms with Gasteiger partial charge in [0.1, 0.15) is 0 Å². The van der Waals surface area contributed by atoms with Crippen molar-refractivity contribution in [2.75, 3.05) is 0 Å². The number of benzene rings is 1. The molecule has 0 aliphatic heterocycles. The van der Waals surface area contributed by atoms with Gasteiger partial charge in [-0.2, -0.15) is 0 Å². The van der Waals surface area contributed by atoms with Crippen LogP contribution in [0.5, 0.6) is 0 Å². The zero-order chi connectivity index (χ0) is 15.2. The van der Waals surface area contributed by atoms with Gasteiger partial charge in [-0.15, -0.1) is 0 Å². The minimum atomic E-state index is -2.13. The Kier molecular flexibility index (Phi) is 3.84. The lowest BCUT2D eigenvalue weighted by molar-refractivity contribution is 0.366. The van der Waals surface area contributed by atoms with E-state index in [1.54, 1.807) is 6.08 Å². The smallest absolute Gasteiger partial charge is 0.200 e. The highest BCUT2D eigenvalue weighted by Gasteiger charge is 2.56. The van der Waals surface area contributed by atoms with Crippen LogP contribution in [0.2, 0.25) is 0 Å². The Bertz CT molecular complexity index is 550. The van der Waals surface area contributed by atoms with Crippen molar-refractivity contribution in [3.8, 4) is 0 Å². The second-order valence-corrected chi connectivity index (χ2v) is 5.78. The van der Waals surface area contributed by atoms with Gasteiger partial charge in [0.15, 0.2) is 23.3 Å². The molecule has 0 bridgehead atoms. The van der Waals surface area contributed by atoms with Gasteiger partial charge in [-0.05, 0) is 23.7 Å². The van der Waals surface area contributed by atoms with E-state index in [4.69, 9.17) is 11.6 Å². The fourth-order valence-electron chi connectivity index (χ4n) is 2.69. The van der Waals surface area contributed by atoms with Gasteiger partial charge in [0.2, 0.25) is 5.82 Å². The van der Waals surface area contributed by atoms with E-state index in [0.717, 1.165) is 0 Å². The van der Waals surface area contributed by atoms with Crippen LogP contribution in [0.1, 0.15) is 19.4 Å². The summed E-state index contributed by atoms with van der Waals surface area (Å²) < 4.78 is 66.4. The molecular weight excluding hydrogens is 299 g/mol. The first-order valence-electron chi connectivity index (χ1n) is 6.00. The minimum Gasteiger partial charge on any atom is -0.203 e. The molecule has 0 radical (unpaired) electrons. The van der Waals surface area contributed by atoms with Gasteiger partial charge in [-0.1, -0.05) is 31.5 Å². The summed E-state index contributed by atoms with van der Waals surface area (Å²) in [4.78, 5) is 0. The highest BCUT2D eigenvalue weighted by Crippen LogP contribution is 2.60. The average molecular weight is 311 g/mol. The quantitative estimate of drug-likeness (QED) is 0.421. The lowest BCUT2D eigenvalue weighted by atomic mass is 10.0. The molecule has 0 nitrogen and oxygen atoms in total. The molecule has 2 rings (SSSR count). The van der Waals surface area contributed by atoms with Gasteiger partial charge < -0.3 is 0 Å². The Labute approximate surface area is 118 Å². The van der Waals surface area contributed by atoms with Crippen molar-refractivity contribution in [1.82, 2.24) is 0 Å². The third kappa shape index (κ3) is 2.22. The molecular formula is C14H12ClF5. The lowest BCUT2D eigenvalue weighted by Crippen LogP contribution is -2.09. The first kappa shape index (κ1) is 15.3. The van der Waals surface area contributed by atoms with Crippen LogP contribution in [0.15, 0.2) is 11.6 Å². The molecule has 1 aliphatic carbocycles. The summed E-state index contributed by atoms with van der Waals surface area (Å²) in [6.07, 6.45) is 1.45. The van der Waals surface area contributed by atoms with E-state index in [1.807, 2.05) is 13.8 Å². The summed E-state index contributed by atoms with van der Waals surface area (Å²) in [7, 11) is 0. The monoisotopic (exact) mass is 310 g/mol.